The van der Waals surface area contributed by atoms with Crippen LogP contribution in [0.2, 0.25) is 0 Å². The smallest absolute Gasteiger partial charge is 0.185 e. The van der Waals surface area contributed by atoms with Crippen LogP contribution in [0.4, 0.5) is 0 Å². The lowest BCUT2D eigenvalue weighted by molar-refractivity contribution is 0.109. The fourth-order valence-electron chi connectivity index (χ4n) is 1.72. The number of aldehydes is 1. The number of nitrogens with zero attached hydrogens (tertiary/aromatic N) is 2. The largest absolute Gasteiger partial charge is 0.457 e. The monoisotopic (exact) mass is 234 g/mol. The zero-order valence-corrected chi connectivity index (χ0v) is 10.3. The van der Waals surface area contributed by atoms with Crippen LogP contribution in [0.3, 0.4) is 0 Å². The maximum absolute atomic E-state index is 10.5. The highest BCUT2D eigenvalue weighted by atomic mass is 16.3. The van der Waals surface area contributed by atoms with E-state index in [1.165, 1.54) is 0 Å². The minimum Gasteiger partial charge on any atom is -0.457 e. The summed E-state index contributed by atoms with van der Waals surface area (Å²) in [6, 6.07) is 5.62. The number of rotatable bonds is 7. The molecule has 1 aromatic heterocycles. The summed E-state index contributed by atoms with van der Waals surface area (Å²) in [4.78, 5) is 12.7. The van der Waals surface area contributed by atoms with Gasteiger partial charge < -0.3 is 4.42 Å². The van der Waals surface area contributed by atoms with Crippen molar-refractivity contribution in [2.75, 3.05) is 13.1 Å². The maximum atomic E-state index is 10.5. The zero-order valence-electron chi connectivity index (χ0n) is 10.3. The van der Waals surface area contributed by atoms with Crippen molar-refractivity contribution in [2.45, 2.75) is 26.8 Å². The first-order chi connectivity index (χ1) is 8.15. The lowest BCUT2D eigenvalue weighted by Gasteiger charge is -2.21. The van der Waals surface area contributed by atoms with Crippen LogP contribution in [0.5, 0.6) is 0 Å². The van der Waals surface area contributed by atoms with Crippen molar-refractivity contribution in [1.82, 2.24) is 4.90 Å². The van der Waals surface area contributed by atoms with Gasteiger partial charge in [0, 0.05) is 19.5 Å². The Balaban J connectivity index is 2.58. The van der Waals surface area contributed by atoms with Gasteiger partial charge in [0.1, 0.15) is 5.76 Å². The minimum atomic E-state index is 0.352. The predicted octanol–water partition coefficient (Wildman–Crippen LogP) is 2.46. The molecule has 0 aliphatic rings. The molecular formula is C13H18N2O2. The Labute approximate surface area is 102 Å². The van der Waals surface area contributed by atoms with Crippen LogP contribution in [-0.2, 0) is 6.54 Å². The molecule has 17 heavy (non-hydrogen) atoms. The van der Waals surface area contributed by atoms with E-state index in [9.17, 15) is 4.79 Å². The van der Waals surface area contributed by atoms with E-state index in [0.717, 1.165) is 18.8 Å². The van der Waals surface area contributed by atoms with Crippen molar-refractivity contribution in [3.05, 3.63) is 23.7 Å². The second-order valence-corrected chi connectivity index (χ2v) is 4.46. The molecule has 0 bridgehead atoms. The molecule has 0 aliphatic heterocycles. The van der Waals surface area contributed by atoms with E-state index in [4.69, 9.17) is 9.68 Å². The molecule has 0 aromatic carbocycles. The lowest BCUT2D eigenvalue weighted by Crippen LogP contribution is -2.28. The Bertz CT molecular complexity index is 390. The first-order valence-electron chi connectivity index (χ1n) is 5.79. The molecule has 0 aliphatic carbocycles. The van der Waals surface area contributed by atoms with Gasteiger partial charge in [0.05, 0.1) is 12.6 Å². The van der Waals surface area contributed by atoms with Gasteiger partial charge >= 0.3 is 0 Å². The van der Waals surface area contributed by atoms with Crippen LogP contribution < -0.4 is 0 Å². The summed E-state index contributed by atoms with van der Waals surface area (Å²) in [6.45, 7) is 6.56. The van der Waals surface area contributed by atoms with Crippen molar-refractivity contribution in [1.29, 1.82) is 5.26 Å². The second-order valence-electron chi connectivity index (χ2n) is 4.46. The molecule has 0 spiro atoms. The summed E-state index contributed by atoms with van der Waals surface area (Å²) in [6.07, 6.45) is 1.21. The van der Waals surface area contributed by atoms with Crippen molar-refractivity contribution in [2.24, 2.45) is 5.92 Å². The molecule has 92 valence electrons. The van der Waals surface area contributed by atoms with E-state index in [2.05, 4.69) is 24.8 Å². The van der Waals surface area contributed by atoms with Crippen molar-refractivity contribution < 1.29 is 9.21 Å². The van der Waals surface area contributed by atoms with E-state index in [1.807, 2.05) is 6.07 Å². The van der Waals surface area contributed by atoms with Crippen LogP contribution >= 0.6 is 0 Å². The Morgan fingerprint density at radius 3 is 2.82 bits per heavy atom. The molecule has 0 saturated carbocycles. The summed E-state index contributed by atoms with van der Waals surface area (Å²) >= 11 is 0. The molecule has 1 rings (SSSR count). The molecule has 0 fully saturated rings. The number of carbonyl (C=O) groups is 1. The van der Waals surface area contributed by atoms with Gasteiger partial charge in [-0.1, -0.05) is 13.8 Å². The van der Waals surface area contributed by atoms with Crippen molar-refractivity contribution >= 4 is 6.29 Å². The third-order valence-corrected chi connectivity index (χ3v) is 2.34. The molecule has 1 aromatic rings. The summed E-state index contributed by atoms with van der Waals surface area (Å²) in [5.74, 6) is 1.66. The minimum absolute atomic E-state index is 0.352. The van der Waals surface area contributed by atoms with Gasteiger partial charge in [0.2, 0.25) is 0 Å². The third kappa shape index (κ3) is 4.83. The van der Waals surface area contributed by atoms with E-state index in [1.54, 1.807) is 6.07 Å². The number of hydrogen-bond donors (Lipinski definition) is 0. The quantitative estimate of drug-likeness (QED) is 0.680. The fraction of sp³-hybridized carbons (Fsp3) is 0.538. The number of nitriles is 1. The molecular weight excluding hydrogens is 216 g/mol. The lowest BCUT2D eigenvalue weighted by atomic mass is 10.2. The third-order valence-electron chi connectivity index (χ3n) is 2.34. The Morgan fingerprint density at radius 1 is 1.53 bits per heavy atom. The fourth-order valence-corrected chi connectivity index (χ4v) is 1.72. The van der Waals surface area contributed by atoms with Crippen LogP contribution in [0.15, 0.2) is 16.5 Å². The normalized spacial score (nSPS) is 10.8. The summed E-state index contributed by atoms with van der Waals surface area (Å²) in [5, 5.41) is 8.61. The maximum Gasteiger partial charge on any atom is 0.185 e. The van der Waals surface area contributed by atoms with Gasteiger partial charge in [0.15, 0.2) is 12.0 Å². The second kappa shape index (κ2) is 6.87. The molecule has 0 unspecified atom stereocenters. The van der Waals surface area contributed by atoms with E-state index >= 15 is 0 Å². The van der Waals surface area contributed by atoms with Crippen LogP contribution in [-0.4, -0.2) is 24.3 Å². The highest BCUT2D eigenvalue weighted by molar-refractivity contribution is 5.70. The van der Waals surface area contributed by atoms with Gasteiger partial charge in [0.25, 0.3) is 0 Å². The molecule has 0 atom stereocenters. The summed E-state index contributed by atoms with van der Waals surface area (Å²) < 4.78 is 5.33. The first kappa shape index (κ1) is 13.5. The first-order valence-corrected chi connectivity index (χ1v) is 5.79. The molecule has 1 heterocycles. The van der Waals surface area contributed by atoms with E-state index in [-0.39, 0.29) is 0 Å². The zero-order chi connectivity index (χ0) is 12.7. The van der Waals surface area contributed by atoms with Crippen LogP contribution in [0.25, 0.3) is 0 Å². The predicted molar refractivity (Wildman–Crippen MR) is 64.4 cm³/mol. The SMILES string of the molecule is CC(C)CN(CCC#N)Cc1ccc(C=O)o1. The summed E-state index contributed by atoms with van der Waals surface area (Å²) in [7, 11) is 0. The number of carbonyl (C=O) groups excluding carboxylic acids is 1. The Morgan fingerprint density at radius 2 is 2.29 bits per heavy atom. The molecule has 0 radical (unpaired) electrons. The highest BCUT2D eigenvalue weighted by Crippen LogP contribution is 2.11. The molecule has 0 saturated heterocycles. The average Bonchev–Trinajstić information content (AvgIpc) is 2.73. The van der Waals surface area contributed by atoms with Gasteiger partial charge in [-0.2, -0.15) is 5.26 Å². The van der Waals surface area contributed by atoms with E-state index < -0.39 is 0 Å². The summed E-state index contributed by atoms with van der Waals surface area (Å²) in [5.41, 5.74) is 0. The molecule has 0 amide bonds. The molecule has 4 heteroatoms. The average molecular weight is 234 g/mol. The molecule has 4 nitrogen and oxygen atoms in total. The van der Waals surface area contributed by atoms with Gasteiger partial charge in [-0.25, -0.2) is 0 Å². The van der Waals surface area contributed by atoms with Crippen LogP contribution in [0.1, 0.15) is 36.6 Å². The van der Waals surface area contributed by atoms with Crippen LogP contribution in [0, 0.1) is 17.2 Å². The Kier molecular flexibility index (Phi) is 5.44. The number of furan rings is 1. The van der Waals surface area contributed by atoms with Gasteiger partial charge in [-0.3, -0.25) is 9.69 Å². The Hall–Kier alpha value is -1.60. The number of hydrogen-bond acceptors (Lipinski definition) is 4. The van der Waals surface area contributed by atoms with Crippen molar-refractivity contribution in [3.8, 4) is 6.07 Å². The van der Waals surface area contributed by atoms with Crippen molar-refractivity contribution in [3.63, 3.8) is 0 Å². The van der Waals surface area contributed by atoms with Gasteiger partial charge in [-0.05, 0) is 18.1 Å². The standard InChI is InChI=1S/C13H18N2O2/c1-11(2)8-15(7-3-6-14)9-12-4-5-13(10-16)17-12/h4-5,10-11H,3,7-9H2,1-2H3. The van der Waals surface area contributed by atoms with Gasteiger partial charge in [-0.15, -0.1) is 0 Å². The topological polar surface area (TPSA) is 57.2 Å². The highest BCUT2D eigenvalue weighted by Gasteiger charge is 2.10. The van der Waals surface area contributed by atoms with E-state index in [0.29, 0.717) is 30.9 Å². The molecule has 0 N–H and O–H groups in total.